The van der Waals surface area contributed by atoms with Gasteiger partial charge in [0.1, 0.15) is 0 Å². The lowest BCUT2D eigenvalue weighted by Crippen LogP contribution is -2.19. The molecule has 0 aliphatic heterocycles. The summed E-state index contributed by atoms with van der Waals surface area (Å²) in [7, 11) is 3.77. The molecule has 0 unspecified atom stereocenters. The number of nitrogens with zero attached hydrogens (tertiary/aromatic N) is 2. The summed E-state index contributed by atoms with van der Waals surface area (Å²) < 4.78 is 3.59. The van der Waals surface area contributed by atoms with Gasteiger partial charge < -0.3 is 0 Å². The van der Waals surface area contributed by atoms with Gasteiger partial charge in [0.2, 0.25) is 0 Å². The van der Waals surface area contributed by atoms with E-state index in [1.807, 2.05) is 18.7 Å². The van der Waals surface area contributed by atoms with Crippen molar-refractivity contribution >= 4 is 11.0 Å². The van der Waals surface area contributed by atoms with Crippen molar-refractivity contribution in [2.24, 2.45) is 14.1 Å². The minimum absolute atomic E-state index is 0.0801. The maximum absolute atomic E-state index is 12.2. The van der Waals surface area contributed by atoms with Crippen LogP contribution in [0.25, 0.3) is 11.0 Å². The predicted octanol–water partition coefficient (Wildman–Crippen LogP) is 3.27. The van der Waals surface area contributed by atoms with Crippen LogP contribution in [0.15, 0.2) is 16.9 Å². The van der Waals surface area contributed by atoms with Crippen LogP contribution in [0.5, 0.6) is 0 Å². The molecule has 0 radical (unpaired) electrons. The minimum Gasteiger partial charge on any atom is -0.295 e. The summed E-state index contributed by atoms with van der Waals surface area (Å²) in [5, 5.41) is 0. The fraction of sp³-hybridized carbons (Fsp3) is 0.562. The fourth-order valence-corrected chi connectivity index (χ4v) is 3.07. The fourth-order valence-electron chi connectivity index (χ4n) is 3.07. The van der Waals surface area contributed by atoms with Gasteiger partial charge in [0.15, 0.2) is 0 Å². The second-order valence-corrected chi connectivity index (χ2v) is 6.16. The molecule has 0 saturated heterocycles. The first kappa shape index (κ1) is 12.5. The van der Waals surface area contributed by atoms with E-state index in [9.17, 15) is 4.79 Å². The standard InChI is InChI=1S/C16H22N2O/c1-10(2)12-8-13(11-6-5-7-11)15-14(9-12)17(3)16(19)18(15)4/h8-11H,5-7H2,1-4H3. The van der Waals surface area contributed by atoms with Gasteiger partial charge in [-0.1, -0.05) is 26.3 Å². The van der Waals surface area contributed by atoms with Gasteiger partial charge in [0, 0.05) is 14.1 Å². The third-order valence-electron chi connectivity index (χ3n) is 4.62. The van der Waals surface area contributed by atoms with Crippen LogP contribution in [0.3, 0.4) is 0 Å². The molecule has 1 fully saturated rings. The molecule has 0 spiro atoms. The van der Waals surface area contributed by atoms with Crippen molar-refractivity contribution < 1.29 is 0 Å². The van der Waals surface area contributed by atoms with Crippen molar-refractivity contribution in [1.82, 2.24) is 9.13 Å². The SMILES string of the molecule is CC(C)c1cc(C2CCC2)c2c(c1)n(C)c(=O)n2C. The lowest BCUT2D eigenvalue weighted by atomic mass is 9.78. The van der Waals surface area contributed by atoms with Gasteiger partial charge in [-0.2, -0.15) is 0 Å². The van der Waals surface area contributed by atoms with E-state index in [-0.39, 0.29) is 5.69 Å². The first-order valence-corrected chi connectivity index (χ1v) is 7.20. The smallest absolute Gasteiger partial charge is 0.295 e. The molecule has 2 aromatic rings. The highest BCUT2D eigenvalue weighted by Gasteiger charge is 2.25. The van der Waals surface area contributed by atoms with Crippen molar-refractivity contribution in [2.75, 3.05) is 0 Å². The van der Waals surface area contributed by atoms with Gasteiger partial charge in [-0.05, 0) is 41.9 Å². The zero-order chi connectivity index (χ0) is 13.7. The highest BCUT2D eigenvalue weighted by atomic mass is 16.1. The van der Waals surface area contributed by atoms with Crippen LogP contribution in [0, 0.1) is 0 Å². The molecule has 0 bridgehead atoms. The Labute approximate surface area is 113 Å². The van der Waals surface area contributed by atoms with Gasteiger partial charge in [0.25, 0.3) is 0 Å². The Hall–Kier alpha value is -1.51. The average Bonchev–Trinajstić information content (AvgIpc) is 2.52. The van der Waals surface area contributed by atoms with Crippen LogP contribution in [0.4, 0.5) is 0 Å². The van der Waals surface area contributed by atoms with Crippen molar-refractivity contribution in [3.63, 3.8) is 0 Å². The summed E-state index contributed by atoms with van der Waals surface area (Å²) >= 11 is 0. The second-order valence-electron chi connectivity index (χ2n) is 6.16. The third-order valence-corrected chi connectivity index (χ3v) is 4.62. The zero-order valence-electron chi connectivity index (χ0n) is 12.2. The summed E-state index contributed by atoms with van der Waals surface area (Å²) in [5.41, 5.74) is 5.03. The highest BCUT2D eigenvalue weighted by molar-refractivity contribution is 5.81. The first-order chi connectivity index (χ1) is 9.00. The number of imidazole rings is 1. The maximum Gasteiger partial charge on any atom is 0.328 e. The lowest BCUT2D eigenvalue weighted by molar-refractivity contribution is 0.421. The van der Waals surface area contributed by atoms with Gasteiger partial charge in [0.05, 0.1) is 11.0 Å². The molecule has 1 aromatic carbocycles. The Kier molecular flexibility index (Phi) is 2.80. The number of hydrogen-bond donors (Lipinski definition) is 0. The molecule has 3 nitrogen and oxygen atoms in total. The summed E-state index contributed by atoms with van der Waals surface area (Å²) in [6.45, 7) is 4.43. The molecule has 1 aliphatic carbocycles. The number of aromatic nitrogens is 2. The summed E-state index contributed by atoms with van der Waals surface area (Å²) in [5.74, 6) is 1.15. The molecule has 1 aliphatic rings. The Morgan fingerprint density at radius 2 is 1.84 bits per heavy atom. The molecule has 102 valence electrons. The maximum atomic E-state index is 12.2. The summed E-state index contributed by atoms with van der Waals surface area (Å²) in [6, 6.07) is 4.51. The molecular formula is C16H22N2O. The van der Waals surface area contributed by atoms with E-state index in [1.54, 1.807) is 4.57 Å². The Morgan fingerprint density at radius 1 is 1.16 bits per heavy atom. The third kappa shape index (κ3) is 1.75. The monoisotopic (exact) mass is 258 g/mol. The minimum atomic E-state index is 0.0801. The number of benzene rings is 1. The summed E-state index contributed by atoms with van der Waals surface area (Å²) in [6.07, 6.45) is 3.85. The number of aryl methyl sites for hydroxylation is 2. The molecule has 1 heterocycles. The van der Waals surface area contributed by atoms with E-state index in [1.165, 1.54) is 30.4 Å². The van der Waals surface area contributed by atoms with Crippen molar-refractivity contribution in [2.45, 2.75) is 44.9 Å². The van der Waals surface area contributed by atoms with Crippen LogP contribution in [-0.4, -0.2) is 9.13 Å². The van der Waals surface area contributed by atoms with Gasteiger partial charge in [-0.25, -0.2) is 4.79 Å². The Balaban J connectivity index is 2.37. The Bertz CT molecular complexity index is 687. The van der Waals surface area contributed by atoms with E-state index in [0.717, 1.165) is 11.0 Å². The topological polar surface area (TPSA) is 26.9 Å². The van der Waals surface area contributed by atoms with Gasteiger partial charge >= 0.3 is 5.69 Å². The van der Waals surface area contributed by atoms with Crippen molar-refractivity contribution in [3.05, 3.63) is 33.7 Å². The molecule has 0 N–H and O–H groups in total. The average molecular weight is 258 g/mol. The summed E-state index contributed by atoms with van der Waals surface area (Å²) in [4.78, 5) is 12.2. The number of hydrogen-bond acceptors (Lipinski definition) is 1. The first-order valence-electron chi connectivity index (χ1n) is 7.20. The van der Waals surface area contributed by atoms with Crippen LogP contribution in [-0.2, 0) is 14.1 Å². The predicted molar refractivity (Wildman–Crippen MR) is 78.8 cm³/mol. The van der Waals surface area contributed by atoms with E-state index < -0.39 is 0 Å². The van der Waals surface area contributed by atoms with Gasteiger partial charge in [-0.3, -0.25) is 9.13 Å². The molecule has 0 amide bonds. The number of rotatable bonds is 2. The zero-order valence-corrected chi connectivity index (χ0v) is 12.2. The Morgan fingerprint density at radius 3 is 2.37 bits per heavy atom. The van der Waals surface area contributed by atoms with E-state index in [0.29, 0.717) is 11.8 Å². The molecule has 1 aromatic heterocycles. The molecule has 0 atom stereocenters. The number of fused-ring (bicyclic) bond motifs is 1. The van der Waals surface area contributed by atoms with E-state index in [2.05, 4.69) is 26.0 Å². The van der Waals surface area contributed by atoms with Gasteiger partial charge in [-0.15, -0.1) is 0 Å². The van der Waals surface area contributed by atoms with Crippen molar-refractivity contribution in [3.8, 4) is 0 Å². The molecule has 3 rings (SSSR count). The molecule has 19 heavy (non-hydrogen) atoms. The van der Waals surface area contributed by atoms with E-state index >= 15 is 0 Å². The van der Waals surface area contributed by atoms with Crippen LogP contribution >= 0.6 is 0 Å². The van der Waals surface area contributed by atoms with Crippen LogP contribution in [0.1, 0.15) is 56.1 Å². The van der Waals surface area contributed by atoms with Crippen LogP contribution in [0.2, 0.25) is 0 Å². The second kappa shape index (κ2) is 4.26. The molecule has 1 saturated carbocycles. The molecule has 3 heteroatoms. The van der Waals surface area contributed by atoms with E-state index in [4.69, 9.17) is 0 Å². The quantitative estimate of drug-likeness (QED) is 0.812. The highest BCUT2D eigenvalue weighted by Crippen LogP contribution is 2.40. The molecular weight excluding hydrogens is 236 g/mol. The lowest BCUT2D eigenvalue weighted by Gasteiger charge is -2.27. The van der Waals surface area contributed by atoms with Crippen molar-refractivity contribution in [1.29, 1.82) is 0 Å². The van der Waals surface area contributed by atoms with Crippen LogP contribution < -0.4 is 5.69 Å². The largest absolute Gasteiger partial charge is 0.328 e. The normalized spacial score (nSPS) is 16.3.